The number of aliphatic hydroxyl groups excluding tert-OH is 1. The van der Waals surface area contributed by atoms with Crippen molar-refractivity contribution >= 4 is 17.7 Å². The van der Waals surface area contributed by atoms with E-state index in [0.29, 0.717) is 11.6 Å². The van der Waals surface area contributed by atoms with Crippen molar-refractivity contribution in [3.8, 4) is 0 Å². The third kappa shape index (κ3) is 7.92. The Balaban J connectivity index is 0.00000137. The molecule has 0 aromatic heterocycles. The highest BCUT2D eigenvalue weighted by Gasteiger charge is 2.15. The summed E-state index contributed by atoms with van der Waals surface area (Å²) in [6.45, 7) is 5.89. The van der Waals surface area contributed by atoms with Gasteiger partial charge in [0, 0.05) is 18.7 Å². The van der Waals surface area contributed by atoms with Gasteiger partial charge < -0.3 is 15.2 Å². The Bertz CT molecular complexity index is 375. The number of aliphatic hydroxyl groups is 1. The van der Waals surface area contributed by atoms with E-state index >= 15 is 0 Å². The molecule has 0 bridgehead atoms. The Kier molecular flexibility index (Phi) is 7.39. The van der Waals surface area contributed by atoms with E-state index in [-0.39, 0.29) is 0 Å². The number of hydrogen-bond acceptors (Lipinski definition) is 3. The maximum Gasteiger partial charge on any atom is 0.407 e. The van der Waals surface area contributed by atoms with E-state index < -0.39 is 11.7 Å². The quantitative estimate of drug-likeness (QED) is 0.871. The number of benzene rings is 1. The van der Waals surface area contributed by atoms with Gasteiger partial charge in [-0.3, -0.25) is 0 Å². The number of carbonyl (C=O) groups excluding carboxylic acids is 1. The van der Waals surface area contributed by atoms with E-state index in [1.165, 1.54) is 0 Å². The molecular formula is C13H20ClNO3. The van der Waals surface area contributed by atoms with Gasteiger partial charge in [-0.05, 0) is 38.5 Å². The van der Waals surface area contributed by atoms with Gasteiger partial charge in [-0.15, -0.1) is 0 Å². The van der Waals surface area contributed by atoms with Crippen molar-refractivity contribution in [2.24, 2.45) is 0 Å². The molecular weight excluding hydrogens is 254 g/mol. The van der Waals surface area contributed by atoms with Crippen molar-refractivity contribution in [1.29, 1.82) is 0 Å². The molecule has 0 saturated carbocycles. The van der Waals surface area contributed by atoms with E-state index in [2.05, 4.69) is 5.32 Å². The number of rotatable bonds is 2. The largest absolute Gasteiger partial charge is 0.444 e. The van der Waals surface area contributed by atoms with E-state index in [1.807, 2.05) is 32.9 Å². The minimum atomic E-state index is -0.474. The zero-order chi connectivity index (χ0) is 14.2. The molecule has 0 aliphatic rings. The summed E-state index contributed by atoms with van der Waals surface area (Å²) in [4.78, 5) is 11.4. The smallest absolute Gasteiger partial charge is 0.407 e. The molecule has 1 aromatic carbocycles. The summed E-state index contributed by atoms with van der Waals surface area (Å²) in [5.74, 6) is 0. The molecule has 0 unspecified atom stereocenters. The second kappa shape index (κ2) is 7.95. The molecule has 0 atom stereocenters. The van der Waals surface area contributed by atoms with Gasteiger partial charge >= 0.3 is 6.09 Å². The van der Waals surface area contributed by atoms with Crippen LogP contribution in [0.4, 0.5) is 4.79 Å². The first-order valence-electron chi connectivity index (χ1n) is 5.53. The van der Waals surface area contributed by atoms with Gasteiger partial charge in [0.2, 0.25) is 0 Å². The number of halogens is 1. The topological polar surface area (TPSA) is 58.6 Å². The molecule has 0 aliphatic carbocycles. The van der Waals surface area contributed by atoms with Crippen molar-refractivity contribution < 1.29 is 14.6 Å². The molecule has 1 rings (SSSR count). The van der Waals surface area contributed by atoms with Crippen molar-refractivity contribution in [1.82, 2.24) is 5.32 Å². The van der Waals surface area contributed by atoms with Gasteiger partial charge in [0.25, 0.3) is 0 Å². The van der Waals surface area contributed by atoms with Gasteiger partial charge in [-0.2, -0.15) is 0 Å². The number of alkyl carbamates (subject to hydrolysis) is 1. The molecule has 0 aliphatic heterocycles. The van der Waals surface area contributed by atoms with Crippen LogP contribution in [0.5, 0.6) is 0 Å². The van der Waals surface area contributed by atoms with Gasteiger partial charge in [-0.25, -0.2) is 4.79 Å². The first kappa shape index (κ1) is 16.7. The summed E-state index contributed by atoms with van der Waals surface area (Å²) < 4.78 is 5.11. The van der Waals surface area contributed by atoms with Crippen LogP contribution in [0.1, 0.15) is 26.3 Å². The summed E-state index contributed by atoms with van der Waals surface area (Å²) >= 11 is 5.82. The van der Waals surface area contributed by atoms with Crippen LogP contribution >= 0.6 is 11.6 Å². The maximum absolute atomic E-state index is 11.4. The minimum absolute atomic E-state index is 0.412. The van der Waals surface area contributed by atoms with Gasteiger partial charge in [-0.1, -0.05) is 23.7 Å². The number of carbonyl (C=O) groups is 1. The van der Waals surface area contributed by atoms with Crippen molar-refractivity contribution in [3.05, 3.63) is 34.9 Å². The fraction of sp³-hybridized carbons (Fsp3) is 0.462. The Morgan fingerprint density at radius 3 is 2.50 bits per heavy atom. The lowest BCUT2D eigenvalue weighted by Crippen LogP contribution is -2.32. The van der Waals surface area contributed by atoms with Crippen molar-refractivity contribution in [3.63, 3.8) is 0 Å². The van der Waals surface area contributed by atoms with E-state index in [9.17, 15) is 4.79 Å². The average molecular weight is 274 g/mol. The Morgan fingerprint density at radius 2 is 2.00 bits per heavy atom. The molecule has 0 radical (unpaired) electrons. The van der Waals surface area contributed by atoms with Gasteiger partial charge in [0.05, 0.1) is 0 Å². The second-order valence-electron chi connectivity index (χ2n) is 4.49. The molecule has 2 N–H and O–H groups in total. The third-order valence-corrected chi connectivity index (χ3v) is 1.96. The highest BCUT2D eigenvalue weighted by atomic mass is 35.5. The van der Waals surface area contributed by atoms with Gasteiger partial charge in [0.1, 0.15) is 5.60 Å². The lowest BCUT2D eigenvalue weighted by molar-refractivity contribution is 0.0523. The highest BCUT2D eigenvalue weighted by molar-refractivity contribution is 6.30. The SMILES string of the molecule is CC(C)(C)OC(=O)NCc1cccc(Cl)c1.CO. The first-order chi connectivity index (χ1) is 8.37. The van der Waals surface area contributed by atoms with Crippen LogP contribution < -0.4 is 5.32 Å². The Morgan fingerprint density at radius 1 is 1.39 bits per heavy atom. The fourth-order valence-corrected chi connectivity index (χ4v) is 1.35. The molecule has 0 fully saturated rings. The summed E-state index contributed by atoms with van der Waals surface area (Å²) in [7, 11) is 1.00. The number of amides is 1. The molecule has 4 nitrogen and oxygen atoms in total. The fourth-order valence-electron chi connectivity index (χ4n) is 1.14. The van der Waals surface area contributed by atoms with Crippen LogP contribution in [-0.2, 0) is 11.3 Å². The lowest BCUT2D eigenvalue weighted by atomic mass is 10.2. The van der Waals surface area contributed by atoms with E-state index in [1.54, 1.807) is 12.1 Å². The molecule has 0 heterocycles. The zero-order valence-electron chi connectivity index (χ0n) is 11.2. The number of ether oxygens (including phenoxy) is 1. The monoisotopic (exact) mass is 273 g/mol. The predicted molar refractivity (Wildman–Crippen MR) is 72.7 cm³/mol. The van der Waals surface area contributed by atoms with Crippen LogP contribution in [-0.4, -0.2) is 23.9 Å². The molecule has 0 saturated heterocycles. The standard InChI is InChI=1S/C12H16ClNO2.CH4O/c1-12(2,3)16-11(15)14-8-9-5-4-6-10(13)7-9;1-2/h4-7H,8H2,1-3H3,(H,14,15);2H,1H3. The van der Waals surface area contributed by atoms with E-state index in [4.69, 9.17) is 21.4 Å². The molecule has 0 spiro atoms. The van der Waals surface area contributed by atoms with E-state index in [0.717, 1.165) is 12.7 Å². The van der Waals surface area contributed by atoms with Crippen LogP contribution in [0.3, 0.4) is 0 Å². The van der Waals surface area contributed by atoms with Gasteiger partial charge in [0.15, 0.2) is 0 Å². The van der Waals surface area contributed by atoms with Crippen LogP contribution in [0.2, 0.25) is 5.02 Å². The second-order valence-corrected chi connectivity index (χ2v) is 4.92. The lowest BCUT2D eigenvalue weighted by Gasteiger charge is -2.19. The van der Waals surface area contributed by atoms with Crippen LogP contribution in [0.15, 0.2) is 24.3 Å². The predicted octanol–water partition coefficient (Wildman–Crippen LogP) is 2.97. The molecule has 102 valence electrons. The third-order valence-electron chi connectivity index (χ3n) is 1.72. The Hall–Kier alpha value is -1.26. The number of nitrogens with one attached hydrogen (secondary N) is 1. The highest BCUT2D eigenvalue weighted by Crippen LogP contribution is 2.11. The molecule has 1 amide bonds. The summed E-state index contributed by atoms with van der Waals surface area (Å²) in [5, 5.41) is 10.3. The zero-order valence-corrected chi connectivity index (χ0v) is 11.9. The maximum atomic E-state index is 11.4. The normalized spacial score (nSPS) is 10.1. The Labute approximate surface area is 113 Å². The van der Waals surface area contributed by atoms with Crippen LogP contribution in [0.25, 0.3) is 0 Å². The first-order valence-corrected chi connectivity index (χ1v) is 5.91. The molecule has 1 aromatic rings. The summed E-state index contributed by atoms with van der Waals surface area (Å²) in [6.07, 6.45) is -0.424. The van der Waals surface area contributed by atoms with Crippen molar-refractivity contribution in [2.75, 3.05) is 7.11 Å². The summed E-state index contributed by atoms with van der Waals surface area (Å²) in [5.41, 5.74) is 0.469. The number of hydrogen-bond donors (Lipinski definition) is 2. The summed E-state index contributed by atoms with van der Waals surface area (Å²) in [6, 6.07) is 7.33. The van der Waals surface area contributed by atoms with Crippen LogP contribution in [0, 0.1) is 0 Å². The van der Waals surface area contributed by atoms with Crippen molar-refractivity contribution in [2.45, 2.75) is 32.9 Å². The molecule has 5 heteroatoms. The minimum Gasteiger partial charge on any atom is -0.444 e. The average Bonchev–Trinajstić information content (AvgIpc) is 2.27. The molecule has 18 heavy (non-hydrogen) atoms.